The Bertz CT molecular complexity index is 891. The van der Waals surface area contributed by atoms with Crippen molar-refractivity contribution >= 4 is 11.9 Å². The summed E-state index contributed by atoms with van der Waals surface area (Å²) in [5, 5.41) is 0. The van der Waals surface area contributed by atoms with Gasteiger partial charge in [-0.15, -0.1) is 0 Å². The minimum absolute atomic E-state index is 0.0127. The predicted octanol–water partition coefficient (Wildman–Crippen LogP) is 3.11. The lowest BCUT2D eigenvalue weighted by Crippen LogP contribution is -2.57. The largest absolute Gasteiger partial charge is 0.497 e. The van der Waals surface area contributed by atoms with Gasteiger partial charge in [-0.1, -0.05) is 42.5 Å². The van der Waals surface area contributed by atoms with Crippen LogP contribution in [0.2, 0.25) is 0 Å². The van der Waals surface area contributed by atoms with Crippen molar-refractivity contribution in [2.45, 2.75) is 25.6 Å². The van der Waals surface area contributed by atoms with Crippen LogP contribution < -0.4 is 4.74 Å². The molecule has 0 radical (unpaired) electrons. The molecular weight excluding hydrogens is 370 g/mol. The van der Waals surface area contributed by atoms with Crippen LogP contribution in [0.3, 0.4) is 0 Å². The third-order valence-electron chi connectivity index (χ3n) is 5.16. The van der Waals surface area contributed by atoms with E-state index >= 15 is 0 Å². The number of rotatable bonds is 8. The van der Waals surface area contributed by atoms with Gasteiger partial charge in [0.05, 0.1) is 27.4 Å². The average molecular weight is 395 g/mol. The zero-order valence-electron chi connectivity index (χ0n) is 16.9. The van der Waals surface area contributed by atoms with Crippen LogP contribution in [-0.4, -0.2) is 43.1 Å². The topological polar surface area (TPSA) is 65.1 Å². The van der Waals surface area contributed by atoms with Gasteiger partial charge in [-0.25, -0.2) is 4.79 Å². The Morgan fingerprint density at radius 3 is 2.31 bits per heavy atom. The lowest BCUT2D eigenvalue weighted by molar-refractivity contribution is -0.161. The first kappa shape index (κ1) is 20.6. The van der Waals surface area contributed by atoms with Crippen molar-refractivity contribution in [3.63, 3.8) is 0 Å². The highest BCUT2D eigenvalue weighted by atomic mass is 16.5. The van der Waals surface area contributed by atoms with E-state index in [0.717, 1.165) is 16.9 Å². The second kappa shape index (κ2) is 8.92. The third-order valence-corrected chi connectivity index (χ3v) is 5.16. The number of carbonyl (C=O) groups excluding carboxylic acids is 2. The van der Waals surface area contributed by atoms with E-state index in [0.29, 0.717) is 12.2 Å². The molecule has 2 aromatic carbocycles. The molecule has 152 valence electrons. The SMILES string of the molecule is COC(=O)[C@@]1(COCc2ccccc2)C(C)=CC(=O)N1Cc1ccc(OC)cc1. The standard InChI is InChI=1S/C23H25NO5/c1-17-13-21(25)24(14-18-9-11-20(27-2)12-10-18)23(17,22(26)28-3)16-29-15-19-7-5-4-6-8-19/h4-13H,14-16H2,1-3H3/t23-/m1/s1. The highest BCUT2D eigenvalue weighted by Gasteiger charge is 2.53. The molecule has 0 saturated heterocycles. The fraction of sp³-hybridized carbons (Fsp3) is 0.304. The molecule has 6 nitrogen and oxygen atoms in total. The molecule has 1 heterocycles. The number of ether oxygens (including phenoxy) is 3. The van der Waals surface area contributed by atoms with E-state index in [4.69, 9.17) is 14.2 Å². The summed E-state index contributed by atoms with van der Waals surface area (Å²) in [5.74, 6) is -0.0352. The van der Waals surface area contributed by atoms with Crippen LogP contribution in [0, 0.1) is 0 Å². The molecule has 3 rings (SSSR count). The van der Waals surface area contributed by atoms with E-state index in [1.165, 1.54) is 18.1 Å². The average Bonchev–Trinajstić information content (AvgIpc) is 2.99. The smallest absolute Gasteiger partial charge is 0.338 e. The Morgan fingerprint density at radius 1 is 1.00 bits per heavy atom. The maximum Gasteiger partial charge on any atom is 0.338 e. The maximum atomic E-state index is 12.9. The monoisotopic (exact) mass is 395 g/mol. The summed E-state index contributed by atoms with van der Waals surface area (Å²) in [7, 11) is 2.92. The summed E-state index contributed by atoms with van der Waals surface area (Å²) < 4.78 is 16.2. The minimum Gasteiger partial charge on any atom is -0.497 e. The molecule has 0 spiro atoms. The molecular formula is C23H25NO5. The first-order valence-corrected chi connectivity index (χ1v) is 9.34. The lowest BCUT2D eigenvalue weighted by Gasteiger charge is -2.37. The third kappa shape index (κ3) is 4.17. The van der Waals surface area contributed by atoms with Crippen LogP contribution in [0.1, 0.15) is 18.1 Å². The van der Waals surface area contributed by atoms with Crippen LogP contribution in [0.25, 0.3) is 0 Å². The van der Waals surface area contributed by atoms with Gasteiger partial charge in [0.15, 0.2) is 5.54 Å². The Kier molecular flexibility index (Phi) is 6.34. The van der Waals surface area contributed by atoms with E-state index < -0.39 is 11.5 Å². The highest BCUT2D eigenvalue weighted by molar-refractivity contribution is 6.01. The number of esters is 1. The number of nitrogens with zero attached hydrogens (tertiary/aromatic N) is 1. The lowest BCUT2D eigenvalue weighted by atomic mass is 9.92. The second-order valence-corrected chi connectivity index (χ2v) is 6.93. The molecule has 0 saturated carbocycles. The minimum atomic E-state index is -1.29. The number of amides is 1. The number of methoxy groups -OCH3 is 2. The Balaban J connectivity index is 1.84. The van der Waals surface area contributed by atoms with Gasteiger partial charge < -0.3 is 19.1 Å². The van der Waals surface area contributed by atoms with Gasteiger partial charge in [-0.3, -0.25) is 4.79 Å². The predicted molar refractivity (Wildman–Crippen MR) is 108 cm³/mol. The van der Waals surface area contributed by atoms with Crippen LogP contribution >= 0.6 is 0 Å². The molecule has 29 heavy (non-hydrogen) atoms. The normalized spacial score (nSPS) is 18.5. The first-order chi connectivity index (χ1) is 14.0. The van der Waals surface area contributed by atoms with Gasteiger partial charge in [0, 0.05) is 12.6 Å². The Labute approximate surface area is 170 Å². The van der Waals surface area contributed by atoms with Gasteiger partial charge in [0.25, 0.3) is 0 Å². The molecule has 0 aliphatic carbocycles. The van der Waals surface area contributed by atoms with Crippen molar-refractivity contribution < 1.29 is 23.8 Å². The molecule has 1 amide bonds. The zero-order valence-corrected chi connectivity index (χ0v) is 16.9. The van der Waals surface area contributed by atoms with Crippen molar-refractivity contribution in [2.75, 3.05) is 20.8 Å². The first-order valence-electron chi connectivity index (χ1n) is 9.34. The van der Waals surface area contributed by atoms with Crippen molar-refractivity contribution in [3.8, 4) is 5.75 Å². The van der Waals surface area contributed by atoms with Crippen LogP contribution in [0.4, 0.5) is 0 Å². The van der Waals surface area contributed by atoms with E-state index in [1.54, 1.807) is 14.0 Å². The van der Waals surface area contributed by atoms with E-state index in [2.05, 4.69) is 0 Å². The van der Waals surface area contributed by atoms with Crippen molar-refractivity contribution in [2.24, 2.45) is 0 Å². The molecule has 0 N–H and O–H groups in total. The maximum absolute atomic E-state index is 12.9. The summed E-state index contributed by atoms with van der Waals surface area (Å²) in [6.45, 7) is 2.35. The van der Waals surface area contributed by atoms with Gasteiger partial charge >= 0.3 is 5.97 Å². The molecule has 1 atom stereocenters. The zero-order chi connectivity index (χ0) is 20.9. The Morgan fingerprint density at radius 2 is 1.69 bits per heavy atom. The highest BCUT2D eigenvalue weighted by Crippen LogP contribution is 2.35. The summed E-state index contributed by atoms with van der Waals surface area (Å²) >= 11 is 0. The quantitative estimate of drug-likeness (QED) is 0.643. The summed E-state index contributed by atoms with van der Waals surface area (Å²) in [5.41, 5.74) is 1.18. The molecule has 1 aliphatic rings. The van der Waals surface area contributed by atoms with Crippen molar-refractivity contribution in [3.05, 3.63) is 77.4 Å². The van der Waals surface area contributed by atoms with Gasteiger partial charge in [-0.05, 0) is 35.8 Å². The van der Waals surface area contributed by atoms with Crippen LogP contribution in [0.15, 0.2) is 66.2 Å². The summed E-state index contributed by atoms with van der Waals surface area (Å²) in [4.78, 5) is 27.1. The summed E-state index contributed by atoms with van der Waals surface area (Å²) in [6.07, 6.45) is 1.48. The van der Waals surface area contributed by atoms with E-state index in [9.17, 15) is 9.59 Å². The van der Waals surface area contributed by atoms with Crippen LogP contribution in [-0.2, 0) is 32.2 Å². The molecule has 6 heteroatoms. The second-order valence-electron chi connectivity index (χ2n) is 6.93. The van der Waals surface area contributed by atoms with Gasteiger partial charge in [-0.2, -0.15) is 0 Å². The number of hydrogen-bond donors (Lipinski definition) is 0. The van der Waals surface area contributed by atoms with Crippen LogP contribution in [0.5, 0.6) is 5.75 Å². The fourth-order valence-corrected chi connectivity index (χ4v) is 3.49. The molecule has 0 unspecified atom stereocenters. The number of benzene rings is 2. The fourth-order valence-electron chi connectivity index (χ4n) is 3.49. The van der Waals surface area contributed by atoms with Gasteiger partial charge in [0.2, 0.25) is 5.91 Å². The number of carbonyl (C=O) groups is 2. The molecule has 0 aromatic heterocycles. The van der Waals surface area contributed by atoms with Gasteiger partial charge in [0.1, 0.15) is 5.75 Å². The molecule has 2 aromatic rings. The number of hydrogen-bond acceptors (Lipinski definition) is 5. The van der Waals surface area contributed by atoms with E-state index in [-0.39, 0.29) is 19.1 Å². The molecule has 0 fully saturated rings. The Hall–Kier alpha value is -3.12. The van der Waals surface area contributed by atoms with E-state index in [1.807, 2.05) is 54.6 Å². The van der Waals surface area contributed by atoms with Crippen molar-refractivity contribution in [1.29, 1.82) is 0 Å². The van der Waals surface area contributed by atoms with Crippen molar-refractivity contribution in [1.82, 2.24) is 4.90 Å². The summed E-state index contributed by atoms with van der Waals surface area (Å²) in [6, 6.07) is 17.1. The molecule has 1 aliphatic heterocycles. The molecule has 0 bridgehead atoms.